The molecule has 0 bridgehead atoms. The van der Waals surface area contributed by atoms with Gasteiger partial charge in [0.1, 0.15) is 10.6 Å². The molecule has 7 heteroatoms. The van der Waals surface area contributed by atoms with Gasteiger partial charge in [-0.3, -0.25) is 0 Å². The molecule has 0 aliphatic rings. The Morgan fingerprint density at radius 2 is 2.20 bits per heavy atom. The van der Waals surface area contributed by atoms with Crippen LogP contribution in [-0.4, -0.2) is 33.0 Å². The fourth-order valence-corrected chi connectivity index (χ4v) is 2.93. The van der Waals surface area contributed by atoms with Crippen LogP contribution in [0.5, 0.6) is 0 Å². The highest BCUT2D eigenvalue weighted by Crippen LogP contribution is 2.25. The molecule has 0 radical (unpaired) electrons. The van der Waals surface area contributed by atoms with Gasteiger partial charge in [-0.25, -0.2) is 14.2 Å². The highest BCUT2D eigenvalue weighted by Gasteiger charge is 2.20. The summed E-state index contributed by atoms with van der Waals surface area (Å²) in [4.78, 5) is 18.9. The summed E-state index contributed by atoms with van der Waals surface area (Å²) in [6, 6.07) is 1.93. The first-order valence-electron chi connectivity index (χ1n) is 6.15. The molecule has 0 aromatic carbocycles. The predicted octanol–water partition coefficient (Wildman–Crippen LogP) is 3.63. The number of carbonyl (C=O) groups is 1. The van der Waals surface area contributed by atoms with Crippen molar-refractivity contribution in [1.29, 1.82) is 0 Å². The van der Waals surface area contributed by atoms with Gasteiger partial charge >= 0.3 is 6.09 Å². The van der Waals surface area contributed by atoms with Gasteiger partial charge in [0, 0.05) is 18.6 Å². The smallest absolute Gasteiger partial charge is 0.410 e. The van der Waals surface area contributed by atoms with Gasteiger partial charge < -0.3 is 9.64 Å². The number of aromatic nitrogens is 2. The standard InChI is InChI=1S/C13H17N3O2S2/c1-13(2,3)18-12(17)16(4)7-11-15-9(8-19-11)10-5-6-14-20-10/h5-6,8H,7H2,1-4H3. The largest absolute Gasteiger partial charge is 0.444 e. The maximum Gasteiger partial charge on any atom is 0.410 e. The first-order valence-corrected chi connectivity index (χ1v) is 7.80. The van der Waals surface area contributed by atoms with Gasteiger partial charge in [-0.1, -0.05) is 0 Å². The van der Waals surface area contributed by atoms with E-state index in [4.69, 9.17) is 4.74 Å². The fraction of sp³-hybridized carbons (Fsp3) is 0.462. The lowest BCUT2D eigenvalue weighted by Gasteiger charge is -2.24. The number of thiazole rings is 1. The number of rotatable bonds is 3. The second-order valence-corrected chi connectivity index (χ2v) is 7.12. The topological polar surface area (TPSA) is 55.3 Å². The van der Waals surface area contributed by atoms with Crippen molar-refractivity contribution in [2.75, 3.05) is 7.05 Å². The third kappa shape index (κ3) is 4.01. The zero-order valence-electron chi connectivity index (χ0n) is 11.9. The van der Waals surface area contributed by atoms with E-state index in [-0.39, 0.29) is 6.09 Å². The summed E-state index contributed by atoms with van der Waals surface area (Å²) in [5.41, 5.74) is 0.423. The molecule has 1 amide bonds. The van der Waals surface area contributed by atoms with Crippen molar-refractivity contribution in [2.24, 2.45) is 0 Å². The normalized spacial score (nSPS) is 11.4. The summed E-state index contributed by atoms with van der Waals surface area (Å²) in [6.07, 6.45) is 1.42. The Bertz CT molecular complexity index is 573. The van der Waals surface area contributed by atoms with E-state index < -0.39 is 5.60 Å². The van der Waals surface area contributed by atoms with Crippen LogP contribution >= 0.6 is 22.9 Å². The average molecular weight is 311 g/mol. The molecule has 0 saturated carbocycles. The van der Waals surface area contributed by atoms with Crippen LogP contribution in [0.25, 0.3) is 10.6 Å². The van der Waals surface area contributed by atoms with Crippen LogP contribution in [-0.2, 0) is 11.3 Å². The monoisotopic (exact) mass is 311 g/mol. The van der Waals surface area contributed by atoms with Crippen LogP contribution in [0.1, 0.15) is 25.8 Å². The van der Waals surface area contributed by atoms with E-state index in [2.05, 4.69) is 9.36 Å². The lowest BCUT2D eigenvalue weighted by atomic mass is 10.2. The Morgan fingerprint density at radius 1 is 1.45 bits per heavy atom. The van der Waals surface area contributed by atoms with Crippen LogP contribution in [0.3, 0.4) is 0 Å². The molecule has 0 N–H and O–H groups in total. The fourth-order valence-electron chi connectivity index (χ4n) is 1.45. The Kier molecular flexibility index (Phi) is 4.39. The number of nitrogens with zero attached hydrogens (tertiary/aromatic N) is 3. The Labute approximate surface area is 126 Å². The van der Waals surface area contributed by atoms with E-state index in [1.54, 1.807) is 13.2 Å². The zero-order valence-corrected chi connectivity index (χ0v) is 13.5. The van der Waals surface area contributed by atoms with E-state index in [0.717, 1.165) is 15.6 Å². The molecule has 2 heterocycles. The molecule has 0 aliphatic carbocycles. The summed E-state index contributed by atoms with van der Waals surface area (Å²) in [7, 11) is 1.71. The molecule has 2 aromatic rings. The molecule has 0 unspecified atom stereocenters. The van der Waals surface area contributed by atoms with Gasteiger partial charge in [0.15, 0.2) is 0 Å². The highest BCUT2D eigenvalue weighted by molar-refractivity contribution is 7.11. The Balaban J connectivity index is 1.98. The van der Waals surface area contributed by atoms with Gasteiger partial charge in [0.25, 0.3) is 0 Å². The highest BCUT2D eigenvalue weighted by atomic mass is 32.1. The summed E-state index contributed by atoms with van der Waals surface area (Å²) in [5.74, 6) is 0. The van der Waals surface area contributed by atoms with E-state index in [0.29, 0.717) is 6.54 Å². The van der Waals surface area contributed by atoms with Crippen molar-refractivity contribution in [3.63, 3.8) is 0 Å². The van der Waals surface area contributed by atoms with Crippen molar-refractivity contribution in [3.8, 4) is 10.6 Å². The molecule has 0 fully saturated rings. The minimum Gasteiger partial charge on any atom is -0.444 e. The first kappa shape index (κ1) is 14.9. The Morgan fingerprint density at radius 3 is 2.80 bits per heavy atom. The number of hydrogen-bond donors (Lipinski definition) is 0. The third-order valence-electron chi connectivity index (χ3n) is 2.32. The van der Waals surface area contributed by atoms with Gasteiger partial charge in [0.05, 0.1) is 17.1 Å². The van der Waals surface area contributed by atoms with Crippen molar-refractivity contribution in [1.82, 2.24) is 14.3 Å². The van der Waals surface area contributed by atoms with Crippen LogP contribution in [0.2, 0.25) is 0 Å². The molecule has 0 atom stereocenters. The lowest BCUT2D eigenvalue weighted by molar-refractivity contribution is 0.0285. The average Bonchev–Trinajstić information content (AvgIpc) is 2.95. The molecule has 0 aliphatic heterocycles. The van der Waals surface area contributed by atoms with Crippen molar-refractivity contribution >= 4 is 29.0 Å². The molecule has 2 aromatic heterocycles. The summed E-state index contributed by atoms with van der Waals surface area (Å²) in [6.45, 7) is 6.00. The van der Waals surface area contributed by atoms with E-state index >= 15 is 0 Å². The molecule has 0 saturated heterocycles. The minimum atomic E-state index is -0.484. The molecule has 2 rings (SSSR count). The number of carbonyl (C=O) groups excluding carboxylic acids is 1. The third-order valence-corrected chi connectivity index (χ3v) is 3.92. The van der Waals surface area contributed by atoms with Gasteiger partial charge in [-0.15, -0.1) is 11.3 Å². The maximum atomic E-state index is 11.9. The molecule has 0 spiro atoms. The van der Waals surface area contributed by atoms with Gasteiger partial charge in [-0.05, 0) is 38.4 Å². The summed E-state index contributed by atoms with van der Waals surface area (Å²) in [5, 5.41) is 2.85. The van der Waals surface area contributed by atoms with E-state index in [1.807, 2.05) is 32.2 Å². The molecule has 108 valence electrons. The van der Waals surface area contributed by atoms with Crippen LogP contribution < -0.4 is 0 Å². The molecule has 5 nitrogen and oxygen atoms in total. The number of hydrogen-bond acceptors (Lipinski definition) is 6. The van der Waals surface area contributed by atoms with Crippen molar-refractivity contribution in [3.05, 3.63) is 22.7 Å². The predicted molar refractivity (Wildman–Crippen MR) is 80.9 cm³/mol. The summed E-state index contributed by atoms with van der Waals surface area (Å²) < 4.78 is 9.37. The van der Waals surface area contributed by atoms with Crippen LogP contribution in [0.15, 0.2) is 17.6 Å². The second-order valence-electron chi connectivity index (χ2n) is 5.34. The minimum absolute atomic E-state index is 0.341. The first-order chi connectivity index (χ1) is 9.35. The van der Waals surface area contributed by atoms with E-state index in [1.165, 1.54) is 27.8 Å². The van der Waals surface area contributed by atoms with E-state index in [9.17, 15) is 4.79 Å². The molecular weight excluding hydrogens is 294 g/mol. The van der Waals surface area contributed by atoms with Crippen molar-refractivity contribution < 1.29 is 9.53 Å². The maximum absolute atomic E-state index is 11.9. The zero-order chi connectivity index (χ0) is 14.8. The number of ether oxygens (including phenoxy) is 1. The van der Waals surface area contributed by atoms with Crippen molar-refractivity contribution in [2.45, 2.75) is 32.9 Å². The van der Waals surface area contributed by atoms with Gasteiger partial charge in [0.2, 0.25) is 0 Å². The quantitative estimate of drug-likeness (QED) is 0.868. The molecule has 20 heavy (non-hydrogen) atoms. The van der Waals surface area contributed by atoms with Crippen LogP contribution in [0.4, 0.5) is 4.79 Å². The summed E-state index contributed by atoms with van der Waals surface area (Å²) >= 11 is 2.94. The SMILES string of the molecule is CN(Cc1nc(-c2ccns2)cs1)C(=O)OC(C)(C)C. The molecular formula is C13H17N3O2S2. The Hall–Kier alpha value is -1.47. The van der Waals surface area contributed by atoms with Gasteiger partial charge in [-0.2, -0.15) is 0 Å². The second kappa shape index (κ2) is 5.88. The van der Waals surface area contributed by atoms with Crippen LogP contribution in [0, 0.1) is 0 Å². The lowest BCUT2D eigenvalue weighted by Crippen LogP contribution is -2.33. The number of amides is 1.